The zero-order chi connectivity index (χ0) is 71.0. The number of amides is 1. The number of alkyl halides is 3. The molecule has 0 aliphatic rings. The predicted molar refractivity (Wildman–Crippen MR) is 363 cm³/mol. The van der Waals surface area contributed by atoms with Gasteiger partial charge >= 0.3 is 12.3 Å². The quantitative estimate of drug-likeness (QED) is 0.0363. The molecule has 95 heavy (non-hydrogen) atoms. The van der Waals surface area contributed by atoms with Crippen LogP contribution in [0, 0.1) is 65.0 Å². The zero-order valence-electron chi connectivity index (χ0n) is 55.7. The largest absolute Gasteiger partial charge is 0.573 e. The summed E-state index contributed by atoms with van der Waals surface area (Å²) in [5.41, 5.74) is 18.4. The fraction of sp³-hybridized carbons (Fsp3) is 0.290. The number of carbonyl (C=O) groups is 3. The van der Waals surface area contributed by atoms with Gasteiger partial charge in [0.1, 0.15) is 17.4 Å². The number of aryl methyl sites for hydroxylation is 5. The summed E-state index contributed by atoms with van der Waals surface area (Å²) in [6.45, 7) is 12.0. The number of nitro benzene ring substituents is 3. The molecular formula is C69H81F3N12O11. The molecule has 0 fully saturated rings. The van der Waals surface area contributed by atoms with Crippen LogP contribution in [-0.2, 0) is 37.3 Å². The number of aromatic nitrogens is 2. The van der Waals surface area contributed by atoms with Crippen molar-refractivity contribution in [3.05, 3.63) is 249 Å². The molecule has 1 amide bonds. The summed E-state index contributed by atoms with van der Waals surface area (Å²) in [5.74, 6) is -0.562. The van der Waals surface area contributed by atoms with E-state index in [1.54, 1.807) is 52.3 Å². The van der Waals surface area contributed by atoms with E-state index in [1.807, 2.05) is 100 Å². The number of hydrogen-bond donors (Lipinski definition) is 3. The minimum atomic E-state index is -4.75. The summed E-state index contributed by atoms with van der Waals surface area (Å²) in [4.78, 5) is 83.3. The lowest BCUT2D eigenvalue weighted by atomic mass is 10.0. The molecule has 26 heteroatoms. The molecule has 8 aromatic rings. The highest BCUT2D eigenvalue weighted by atomic mass is 19.4. The fourth-order valence-corrected chi connectivity index (χ4v) is 8.92. The third-order valence-electron chi connectivity index (χ3n) is 14.0. The molecular weight excluding hydrogens is 1230 g/mol. The van der Waals surface area contributed by atoms with E-state index >= 15 is 0 Å². The van der Waals surface area contributed by atoms with E-state index in [9.17, 15) is 57.9 Å². The van der Waals surface area contributed by atoms with Crippen molar-refractivity contribution in [1.29, 1.82) is 0 Å². The van der Waals surface area contributed by atoms with E-state index in [0.717, 1.165) is 65.0 Å². The summed E-state index contributed by atoms with van der Waals surface area (Å²) in [7, 11) is 17.2. The maximum Gasteiger partial charge on any atom is 0.573 e. The van der Waals surface area contributed by atoms with Gasteiger partial charge in [0.2, 0.25) is 5.95 Å². The van der Waals surface area contributed by atoms with Gasteiger partial charge < -0.3 is 45.4 Å². The van der Waals surface area contributed by atoms with Crippen molar-refractivity contribution in [2.75, 3.05) is 79.4 Å². The third-order valence-corrected chi connectivity index (χ3v) is 14.0. The number of halogens is 3. The molecule has 4 N–H and O–H groups in total. The highest BCUT2D eigenvalue weighted by molar-refractivity contribution is 5.96. The average molecular weight is 1310 g/mol. The topological polar surface area (TPSA) is 290 Å². The van der Waals surface area contributed by atoms with Gasteiger partial charge in [-0.3, -0.25) is 39.9 Å². The number of carboxylic acids is 1. The number of ether oxygens (including phenoxy) is 1. The van der Waals surface area contributed by atoms with Gasteiger partial charge in [-0.1, -0.05) is 54.6 Å². The summed E-state index contributed by atoms with van der Waals surface area (Å²) >= 11 is 0. The number of hydrogen-bond acceptors (Lipinski definition) is 18. The Morgan fingerprint density at radius 1 is 0.547 bits per heavy atom. The molecule has 7 aromatic carbocycles. The number of rotatable bonds is 20. The van der Waals surface area contributed by atoms with Gasteiger partial charge in [0.15, 0.2) is 0 Å². The highest BCUT2D eigenvalue weighted by Gasteiger charge is 2.31. The zero-order valence-corrected chi connectivity index (χ0v) is 55.7. The minimum Gasteiger partial charge on any atom is -0.478 e. The lowest BCUT2D eigenvalue weighted by molar-refractivity contribution is -0.385. The first-order valence-electron chi connectivity index (χ1n) is 29.4. The van der Waals surface area contributed by atoms with E-state index in [2.05, 4.69) is 76.0 Å². The van der Waals surface area contributed by atoms with Crippen molar-refractivity contribution in [2.24, 2.45) is 0 Å². The van der Waals surface area contributed by atoms with Gasteiger partial charge in [-0.05, 0) is 187 Å². The van der Waals surface area contributed by atoms with Crippen LogP contribution in [-0.4, -0.2) is 137 Å². The van der Waals surface area contributed by atoms with E-state index < -0.39 is 22.2 Å². The van der Waals surface area contributed by atoms with Crippen LogP contribution in [0.1, 0.15) is 76.4 Å². The van der Waals surface area contributed by atoms with Crippen LogP contribution < -0.4 is 20.7 Å². The summed E-state index contributed by atoms with van der Waals surface area (Å²) < 4.78 is 40.9. The van der Waals surface area contributed by atoms with Crippen molar-refractivity contribution in [3.63, 3.8) is 0 Å². The van der Waals surface area contributed by atoms with Crippen molar-refractivity contribution >= 4 is 63.6 Å². The number of aromatic carboxylic acids is 1. The van der Waals surface area contributed by atoms with Crippen molar-refractivity contribution in [3.8, 4) is 5.75 Å². The molecule has 0 saturated carbocycles. The Bertz CT molecular complexity index is 3940. The molecule has 504 valence electrons. The Kier molecular flexibility index (Phi) is 29.0. The first-order chi connectivity index (χ1) is 44.5. The molecule has 0 radical (unpaired) electrons. The molecule has 8 rings (SSSR count). The van der Waals surface area contributed by atoms with Crippen LogP contribution >= 0.6 is 0 Å². The number of non-ortho nitro benzene ring substituents is 3. The molecule has 0 aliphatic heterocycles. The minimum absolute atomic E-state index is 0.0331. The number of nitro groups is 3. The lowest BCUT2D eigenvalue weighted by Gasteiger charge is -2.19. The maximum atomic E-state index is 12.6. The second-order valence-corrected chi connectivity index (χ2v) is 23.1. The second kappa shape index (κ2) is 35.9. The van der Waals surface area contributed by atoms with Crippen LogP contribution in [0.4, 0.5) is 59.1 Å². The Labute approximate surface area is 550 Å². The monoisotopic (exact) mass is 1310 g/mol. The number of benzene rings is 7. The first kappa shape index (κ1) is 76.8. The van der Waals surface area contributed by atoms with E-state index in [1.165, 1.54) is 81.8 Å². The van der Waals surface area contributed by atoms with Crippen LogP contribution in [0.5, 0.6) is 5.75 Å². The first-order valence-corrected chi connectivity index (χ1v) is 29.4. The lowest BCUT2D eigenvalue weighted by Crippen LogP contribution is -2.22. The summed E-state index contributed by atoms with van der Waals surface area (Å²) in [6.07, 6.45) is -2.73. The molecule has 0 unspecified atom stereocenters. The van der Waals surface area contributed by atoms with Gasteiger partial charge in [-0.25, -0.2) is 9.78 Å². The Morgan fingerprint density at radius 2 is 0.968 bits per heavy atom. The summed E-state index contributed by atoms with van der Waals surface area (Å²) in [6, 6.07) is 39.9. The van der Waals surface area contributed by atoms with Gasteiger partial charge in [0, 0.05) is 119 Å². The number of anilines is 5. The Hall–Kier alpha value is -10.7. The molecule has 23 nitrogen and oxygen atoms in total. The second-order valence-electron chi connectivity index (χ2n) is 23.1. The molecule has 1 heterocycles. The number of nitrogens with two attached hydrogens (primary N) is 1. The Balaban J connectivity index is 0.000000290. The van der Waals surface area contributed by atoms with Gasteiger partial charge in [0.25, 0.3) is 23.0 Å². The molecule has 1 aromatic heterocycles. The molecule has 0 spiro atoms. The number of carbonyl (C=O) groups excluding carboxylic acids is 2. The van der Waals surface area contributed by atoms with Gasteiger partial charge in [-0.2, -0.15) is 4.98 Å². The van der Waals surface area contributed by atoms with Gasteiger partial charge in [-0.15, -0.1) is 13.2 Å². The maximum absolute atomic E-state index is 12.6. The number of Topliss-reactive ketones (excluding diaryl/α,β-unsaturated/α-hetero) is 1. The molecule has 0 bridgehead atoms. The number of ketones is 1. The third kappa shape index (κ3) is 26.1. The van der Waals surface area contributed by atoms with Crippen molar-refractivity contribution < 1.29 is 52.2 Å². The predicted octanol–water partition coefficient (Wildman–Crippen LogP) is 13.4. The fourth-order valence-electron chi connectivity index (χ4n) is 8.92. The van der Waals surface area contributed by atoms with Crippen LogP contribution in [0.15, 0.2) is 152 Å². The standard InChI is InChI=1S/C31H32F3N5O2.C10H12N2O3.C10H14N2O2.C10H16N2.C8H7NO4/c1-21-5-10-25(19-24(21)20-38(2)3)36-30-35-16-15-29(37-30)39(4)26-11-6-22(7-12-26)17-27(40)18-23-8-13-28(14-9-23)41-31(32,33)34;1-7-4-5-8(12(14)15)6-9(7)10(13)11(2)3;1-8-4-5-10(12(13)14)6-9(8)7-11(2)3;1-8-4-5-10(11)6-9(8)7-12(2)3;1-5-2-3-6(9(12)13)4-7(5)8(10)11/h5-16,19H,17-18,20H2,1-4H3,(H,35,36,37);4-6H,1-3H3;4-6H,7H2,1-3H3;4-6H,7,11H2,1-3H3;2-4H,1H3,(H,10,11). The normalized spacial score (nSPS) is 10.7. The van der Waals surface area contributed by atoms with Crippen molar-refractivity contribution in [1.82, 2.24) is 29.6 Å². The average Bonchev–Trinajstić information content (AvgIpc) is 1.25. The number of nitrogens with one attached hydrogen (secondary N) is 1. The highest BCUT2D eigenvalue weighted by Crippen LogP contribution is 2.27. The number of carboxylic acid groups (broad SMARTS) is 1. The summed E-state index contributed by atoms with van der Waals surface area (Å²) in [5, 5.41) is 43.3. The van der Waals surface area contributed by atoms with E-state index in [4.69, 9.17) is 10.8 Å². The van der Waals surface area contributed by atoms with Crippen LogP contribution in [0.25, 0.3) is 0 Å². The molecule has 0 aliphatic carbocycles. The van der Waals surface area contributed by atoms with Crippen LogP contribution in [0.3, 0.4) is 0 Å². The molecule has 0 saturated heterocycles. The van der Waals surface area contributed by atoms with E-state index in [-0.39, 0.29) is 57.8 Å². The molecule has 0 atom stereocenters. The number of nitrogens with zero attached hydrogens (tertiary/aromatic N) is 10. The van der Waals surface area contributed by atoms with Crippen LogP contribution in [0.2, 0.25) is 0 Å². The SMILES string of the molecule is Cc1ccc(N)cc1CN(C)C.Cc1ccc(Nc2nccc(N(C)c3ccc(CC(=O)Cc4ccc(OC(F)(F)F)cc4)cc3)n2)cc1CN(C)C.Cc1ccc([N+](=O)[O-])cc1C(=O)N(C)C.Cc1ccc([N+](=O)[O-])cc1C(=O)O.Cc1ccc([N+](=O)[O-])cc1CN(C)C. The van der Waals surface area contributed by atoms with E-state index in [0.29, 0.717) is 28.5 Å². The van der Waals surface area contributed by atoms with Crippen molar-refractivity contribution in [2.45, 2.75) is 73.5 Å². The van der Waals surface area contributed by atoms with Gasteiger partial charge in [0.05, 0.1) is 20.3 Å². The number of nitrogen functional groups attached to an aromatic ring is 1. The Morgan fingerprint density at radius 3 is 1.43 bits per heavy atom. The smallest absolute Gasteiger partial charge is 0.478 e.